The number of nitrogens with zero attached hydrogens (tertiary/aromatic N) is 1. The smallest absolute Gasteiger partial charge is 0.461 e. The zero-order valence-electron chi connectivity index (χ0n) is 17.6. The number of halogens is 4. The van der Waals surface area contributed by atoms with E-state index in [0.717, 1.165) is 0 Å². The molecule has 15 heteroatoms. The van der Waals surface area contributed by atoms with Gasteiger partial charge in [-0.1, -0.05) is 30.3 Å². The van der Waals surface area contributed by atoms with Gasteiger partial charge in [0.1, 0.15) is 31.0 Å². The molecule has 1 amide bonds. The summed E-state index contributed by atoms with van der Waals surface area (Å²) in [6, 6.07) is 6.01. The van der Waals surface area contributed by atoms with Crippen LogP contribution < -0.4 is 16.6 Å². The van der Waals surface area contributed by atoms with Crippen molar-refractivity contribution in [2.24, 2.45) is 0 Å². The van der Waals surface area contributed by atoms with Crippen LogP contribution in [0.4, 0.5) is 17.6 Å². The largest absolute Gasteiger partial charge is 0.471 e. The number of alkyl halides is 3. The number of carbonyl (C=O) groups excluding carboxylic acids is 2. The maximum atomic E-state index is 13.6. The number of nitrogens with one attached hydrogen (secondary N) is 2. The molecule has 1 aliphatic rings. The minimum atomic E-state index is -5.27. The summed E-state index contributed by atoms with van der Waals surface area (Å²) in [7, 11) is 0. The summed E-state index contributed by atoms with van der Waals surface area (Å²) >= 11 is 0. The van der Waals surface area contributed by atoms with E-state index in [1.807, 2.05) is 0 Å². The standard InChI is InChI=1S/C20H19F4N3O8/c21-10-7-27(19(33)26-15(10)30)16-14(29)13(28)12(35-16)8-34-17(31)11(25-18(32)20(22,23)24)6-9-4-2-1-3-5-9/h1-5,7,11-14,16,28-29H,6,8H2,(H,25,32)(H,26,30,33)/t11?,12-,13?,14?,16-/m0/s1. The van der Waals surface area contributed by atoms with Crippen LogP contribution in [-0.2, 0) is 25.5 Å². The Kier molecular flexibility index (Phi) is 7.72. The third kappa shape index (κ3) is 6.12. The highest BCUT2D eigenvalue weighted by Crippen LogP contribution is 2.28. The van der Waals surface area contributed by atoms with Crippen LogP contribution >= 0.6 is 0 Å². The molecule has 35 heavy (non-hydrogen) atoms. The monoisotopic (exact) mass is 505 g/mol. The van der Waals surface area contributed by atoms with Crippen molar-refractivity contribution in [2.75, 3.05) is 6.61 Å². The third-order valence-corrected chi connectivity index (χ3v) is 5.06. The second kappa shape index (κ2) is 10.4. The normalized spacial score (nSPS) is 23.0. The first kappa shape index (κ1) is 26.1. The fourth-order valence-electron chi connectivity index (χ4n) is 3.29. The number of aromatic nitrogens is 2. The minimum Gasteiger partial charge on any atom is -0.461 e. The molecule has 0 radical (unpaired) electrons. The quantitative estimate of drug-likeness (QED) is 0.279. The molecule has 5 atom stereocenters. The Morgan fingerprint density at radius 3 is 2.46 bits per heavy atom. The van der Waals surface area contributed by atoms with E-state index < -0.39 is 72.3 Å². The molecular formula is C20H19F4N3O8. The number of ether oxygens (including phenoxy) is 2. The van der Waals surface area contributed by atoms with Crippen LogP contribution in [0.15, 0.2) is 46.1 Å². The number of aliphatic hydroxyl groups is 2. The molecule has 2 aromatic rings. The molecule has 1 fully saturated rings. The summed E-state index contributed by atoms with van der Waals surface area (Å²) in [6.45, 7) is -0.804. The maximum Gasteiger partial charge on any atom is 0.471 e. The fraction of sp³-hybridized carbons (Fsp3) is 0.400. The number of rotatable bonds is 7. The second-order valence-corrected chi connectivity index (χ2v) is 7.53. The molecular weight excluding hydrogens is 486 g/mol. The van der Waals surface area contributed by atoms with Crippen molar-refractivity contribution in [3.05, 3.63) is 68.7 Å². The fourth-order valence-corrected chi connectivity index (χ4v) is 3.29. The molecule has 1 aliphatic heterocycles. The van der Waals surface area contributed by atoms with Crippen molar-refractivity contribution in [3.8, 4) is 0 Å². The molecule has 0 spiro atoms. The SMILES string of the molecule is O=C(OC[C@@H]1O[C@H](n2cc(F)c(=O)[nH]c2=O)C(O)C1O)C(Cc1ccccc1)NC(=O)C(F)(F)F. The number of esters is 1. The molecule has 2 heterocycles. The lowest BCUT2D eigenvalue weighted by Crippen LogP contribution is -2.49. The predicted octanol–water partition coefficient (Wildman–Crippen LogP) is -0.872. The molecule has 0 aliphatic carbocycles. The topological polar surface area (TPSA) is 160 Å². The highest BCUT2D eigenvalue weighted by Gasteiger charge is 2.45. The van der Waals surface area contributed by atoms with Crippen molar-refractivity contribution in [1.82, 2.24) is 14.9 Å². The van der Waals surface area contributed by atoms with E-state index in [1.54, 1.807) is 28.5 Å². The van der Waals surface area contributed by atoms with Crippen LogP contribution in [0.3, 0.4) is 0 Å². The van der Waals surface area contributed by atoms with E-state index in [0.29, 0.717) is 16.3 Å². The predicted molar refractivity (Wildman–Crippen MR) is 106 cm³/mol. The van der Waals surface area contributed by atoms with Crippen LogP contribution in [0, 0.1) is 5.82 Å². The van der Waals surface area contributed by atoms with E-state index >= 15 is 0 Å². The Morgan fingerprint density at radius 1 is 1.17 bits per heavy atom. The molecule has 0 bridgehead atoms. The Balaban J connectivity index is 1.71. The van der Waals surface area contributed by atoms with Crippen LogP contribution in [0.5, 0.6) is 0 Å². The van der Waals surface area contributed by atoms with Gasteiger partial charge in [-0.15, -0.1) is 0 Å². The number of benzene rings is 1. The summed E-state index contributed by atoms with van der Waals surface area (Å²) in [5.41, 5.74) is -2.08. The lowest BCUT2D eigenvalue weighted by atomic mass is 10.1. The number of hydrogen-bond acceptors (Lipinski definition) is 8. The number of aromatic amines is 1. The van der Waals surface area contributed by atoms with Crippen molar-refractivity contribution < 1.29 is 46.8 Å². The van der Waals surface area contributed by atoms with Crippen molar-refractivity contribution >= 4 is 11.9 Å². The van der Waals surface area contributed by atoms with Crippen LogP contribution in [-0.4, -0.2) is 68.8 Å². The van der Waals surface area contributed by atoms with E-state index in [9.17, 15) is 47.0 Å². The number of carbonyl (C=O) groups is 2. The van der Waals surface area contributed by atoms with Gasteiger partial charge in [0.05, 0.1) is 6.20 Å². The molecule has 3 rings (SSSR count). The number of aliphatic hydroxyl groups excluding tert-OH is 2. The number of amides is 1. The average Bonchev–Trinajstić information content (AvgIpc) is 3.07. The summed E-state index contributed by atoms with van der Waals surface area (Å²) in [5, 5.41) is 21.9. The Bertz CT molecular complexity index is 1180. The molecule has 4 N–H and O–H groups in total. The lowest BCUT2D eigenvalue weighted by molar-refractivity contribution is -0.176. The summed E-state index contributed by atoms with van der Waals surface area (Å²) in [5.74, 6) is -5.05. The molecule has 11 nitrogen and oxygen atoms in total. The first-order valence-electron chi connectivity index (χ1n) is 9.99. The van der Waals surface area contributed by atoms with Crippen LogP contribution in [0.25, 0.3) is 0 Å². The van der Waals surface area contributed by atoms with Gasteiger partial charge in [-0.2, -0.15) is 17.6 Å². The first-order chi connectivity index (χ1) is 16.4. The molecule has 0 saturated carbocycles. The summed E-state index contributed by atoms with van der Waals surface area (Å²) in [6.07, 6.45) is -11.9. The summed E-state index contributed by atoms with van der Waals surface area (Å²) in [4.78, 5) is 48.6. The van der Waals surface area contributed by atoms with Gasteiger partial charge >= 0.3 is 23.7 Å². The second-order valence-electron chi connectivity index (χ2n) is 7.53. The number of hydrogen-bond donors (Lipinski definition) is 4. The first-order valence-corrected chi connectivity index (χ1v) is 9.99. The van der Waals surface area contributed by atoms with Gasteiger partial charge in [0.25, 0.3) is 5.56 Å². The van der Waals surface area contributed by atoms with E-state index in [1.165, 1.54) is 12.1 Å². The highest BCUT2D eigenvalue weighted by atomic mass is 19.4. The molecule has 3 unspecified atom stereocenters. The highest BCUT2D eigenvalue weighted by molar-refractivity contribution is 5.87. The van der Waals surface area contributed by atoms with Gasteiger partial charge in [-0.25, -0.2) is 9.59 Å². The van der Waals surface area contributed by atoms with Crippen molar-refractivity contribution in [2.45, 2.75) is 43.2 Å². The van der Waals surface area contributed by atoms with Gasteiger partial charge in [-0.3, -0.25) is 19.1 Å². The average molecular weight is 505 g/mol. The Labute approximate surface area is 192 Å². The minimum absolute atomic E-state index is 0.354. The Hall–Kier alpha value is -3.56. The van der Waals surface area contributed by atoms with Gasteiger partial charge in [-0.05, 0) is 5.56 Å². The van der Waals surface area contributed by atoms with E-state index in [-0.39, 0.29) is 6.42 Å². The molecule has 1 saturated heterocycles. The zero-order chi connectivity index (χ0) is 25.9. The van der Waals surface area contributed by atoms with Crippen LogP contribution in [0.1, 0.15) is 11.8 Å². The van der Waals surface area contributed by atoms with Gasteiger partial charge in [0.15, 0.2) is 6.23 Å². The molecule has 1 aromatic carbocycles. The maximum absolute atomic E-state index is 13.6. The van der Waals surface area contributed by atoms with E-state index in [4.69, 9.17) is 9.47 Å². The zero-order valence-corrected chi connectivity index (χ0v) is 17.6. The number of H-pyrrole nitrogens is 1. The van der Waals surface area contributed by atoms with Crippen molar-refractivity contribution in [3.63, 3.8) is 0 Å². The molecule has 190 valence electrons. The Morgan fingerprint density at radius 2 is 1.83 bits per heavy atom. The van der Waals surface area contributed by atoms with Gasteiger partial charge in [0.2, 0.25) is 5.82 Å². The third-order valence-electron chi connectivity index (χ3n) is 5.06. The lowest BCUT2D eigenvalue weighted by Gasteiger charge is -2.20. The summed E-state index contributed by atoms with van der Waals surface area (Å²) < 4.78 is 62.3. The van der Waals surface area contributed by atoms with Gasteiger partial charge in [0, 0.05) is 6.42 Å². The van der Waals surface area contributed by atoms with Crippen molar-refractivity contribution in [1.29, 1.82) is 0 Å². The van der Waals surface area contributed by atoms with Crippen LogP contribution in [0.2, 0.25) is 0 Å². The molecule has 1 aromatic heterocycles. The van der Waals surface area contributed by atoms with Gasteiger partial charge < -0.3 is 25.0 Å². The van der Waals surface area contributed by atoms with E-state index in [2.05, 4.69) is 0 Å².